The SMILES string of the molecule is COC(=O)N[C@H](C(=O)N1[C@@H](C)CC[C@H]1c1nc2ccc3cc4c(cc3c2[nH]1)OCc1cc(-c2cnc([C@@H]3CC[C@H](C)N3C(=O)[C@H](C3CCOCC3)N(C)C(=O)O)[nH]2)ccc1-4)[C@@H](C)OC. The number of benzene rings is 3. The molecule has 6 heterocycles. The highest BCUT2D eigenvalue weighted by Crippen LogP contribution is 2.44. The van der Waals surface area contributed by atoms with E-state index >= 15 is 0 Å². The van der Waals surface area contributed by atoms with Crippen LogP contribution in [-0.2, 0) is 30.4 Å². The average molecular weight is 877 g/mol. The van der Waals surface area contributed by atoms with Crippen LogP contribution in [0.2, 0.25) is 0 Å². The standard InChI is InChI=1S/C47H56N8O9/c1-24-8-14-37(54(24)44(56)39(26(3)61-5)52-46(58)62-6)43-49-34-12-10-28-20-33-31-11-9-29(19-30(31)23-64-38(33)21-32(28)40(34)51-43)35-22-48-42(50-35)36-13-7-25(2)55(36)45(57)41(53(4)47(59)60)27-15-17-63-18-16-27/h9-12,19-22,24-27,36-37,39,41H,7-8,13-18,23H2,1-6H3,(H,48,50)(H,49,51)(H,52,58)(H,59,60)/t24-,25-,26+,36-,37-,39-,41-/m0/s1. The van der Waals surface area contributed by atoms with E-state index in [0.29, 0.717) is 50.7 Å². The first kappa shape index (κ1) is 43.1. The van der Waals surface area contributed by atoms with Gasteiger partial charge in [-0.05, 0) is 112 Å². The van der Waals surface area contributed by atoms with Gasteiger partial charge in [0.25, 0.3) is 0 Å². The molecule has 0 unspecified atom stereocenters. The molecule has 0 radical (unpaired) electrons. The Labute approximate surface area is 370 Å². The predicted molar refractivity (Wildman–Crippen MR) is 236 cm³/mol. The summed E-state index contributed by atoms with van der Waals surface area (Å²) in [6, 6.07) is 12.0. The number of carbonyl (C=O) groups excluding carboxylic acids is 3. The summed E-state index contributed by atoms with van der Waals surface area (Å²) in [5, 5.41) is 14.6. The molecule has 17 heteroatoms. The number of methoxy groups -OCH3 is 2. The van der Waals surface area contributed by atoms with Crippen molar-refractivity contribution < 1.29 is 43.2 Å². The van der Waals surface area contributed by atoms with Gasteiger partial charge >= 0.3 is 12.2 Å². The number of rotatable bonds is 10. The van der Waals surface area contributed by atoms with Gasteiger partial charge in [0, 0.05) is 50.4 Å². The zero-order valence-electron chi connectivity index (χ0n) is 37.1. The molecule has 5 aromatic rings. The fourth-order valence-corrected chi connectivity index (χ4v) is 10.4. The number of hydrogen-bond acceptors (Lipinski definition) is 10. The molecule has 3 saturated heterocycles. The molecule has 4 amide bonds. The molecule has 4 N–H and O–H groups in total. The number of amides is 4. The Morgan fingerprint density at radius 3 is 2.31 bits per heavy atom. The largest absolute Gasteiger partial charge is 0.488 e. The number of carbonyl (C=O) groups is 4. The first-order valence-electron chi connectivity index (χ1n) is 22.2. The van der Waals surface area contributed by atoms with Gasteiger partial charge in [-0.25, -0.2) is 19.6 Å². The molecule has 0 saturated carbocycles. The van der Waals surface area contributed by atoms with Crippen LogP contribution in [0.25, 0.3) is 44.2 Å². The van der Waals surface area contributed by atoms with Crippen molar-refractivity contribution >= 4 is 45.8 Å². The predicted octanol–water partition coefficient (Wildman–Crippen LogP) is 6.93. The van der Waals surface area contributed by atoms with Gasteiger partial charge in [0.2, 0.25) is 11.8 Å². The molecule has 7 atom stereocenters. The van der Waals surface area contributed by atoms with E-state index in [-0.39, 0.29) is 41.9 Å². The summed E-state index contributed by atoms with van der Waals surface area (Å²) in [6.07, 6.45) is 3.62. The molecule has 64 heavy (non-hydrogen) atoms. The third-order valence-corrected chi connectivity index (χ3v) is 14.0. The van der Waals surface area contributed by atoms with Gasteiger partial charge in [0.1, 0.15) is 36.1 Å². The van der Waals surface area contributed by atoms with Crippen LogP contribution >= 0.6 is 0 Å². The molecule has 4 aliphatic rings. The Kier molecular flexibility index (Phi) is 11.7. The maximum atomic E-state index is 14.3. The number of nitrogens with one attached hydrogen (secondary N) is 3. The number of nitrogens with zero attached hydrogens (tertiary/aromatic N) is 5. The Balaban J connectivity index is 0.965. The lowest BCUT2D eigenvalue weighted by Crippen LogP contribution is -2.55. The topological polar surface area (TPSA) is 205 Å². The number of fused-ring (bicyclic) bond motifs is 6. The van der Waals surface area contributed by atoms with Crippen LogP contribution in [0.15, 0.2) is 48.7 Å². The first-order valence-corrected chi connectivity index (χ1v) is 22.2. The Bertz CT molecular complexity index is 2600. The van der Waals surface area contributed by atoms with Crippen LogP contribution in [0.3, 0.4) is 0 Å². The van der Waals surface area contributed by atoms with Crippen LogP contribution in [0.5, 0.6) is 5.75 Å². The summed E-state index contributed by atoms with van der Waals surface area (Å²) in [5.74, 6) is 1.54. The first-order chi connectivity index (χ1) is 30.9. The summed E-state index contributed by atoms with van der Waals surface area (Å²) in [4.78, 5) is 74.5. The summed E-state index contributed by atoms with van der Waals surface area (Å²) in [5.41, 5.74) is 6.43. The number of likely N-dealkylation sites (tertiary alicyclic amines) is 2. The second-order valence-corrected chi connectivity index (χ2v) is 17.7. The zero-order chi connectivity index (χ0) is 45.0. The number of carboxylic acid groups (broad SMARTS) is 1. The van der Waals surface area contributed by atoms with Crippen LogP contribution in [0.1, 0.15) is 88.6 Å². The third-order valence-electron chi connectivity index (χ3n) is 14.0. The van der Waals surface area contributed by atoms with Crippen molar-refractivity contribution in [1.82, 2.24) is 40.0 Å². The fraction of sp³-hybridized carbons (Fsp3) is 0.489. The molecular formula is C47H56N8O9. The highest BCUT2D eigenvalue weighted by molar-refractivity contribution is 6.07. The van der Waals surface area contributed by atoms with Crippen LogP contribution in [-0.4, -0.2) is 128 Å². The minimum Gasteiger partial charge on any atom is -0.488 e. The molecule has 3 fully saturated rings. The van der Waals surface area contributed by atoms with Gasteiger partial charge in [0.15, 0.2) is 0 Å². The minimum absolute atomic E-state index is 0.0715. The summed E-state index contributed by atoms with van der Waals surface area (Å²) >= 11 is 0. The highest BCUT2D eigenvalue weighted by Gasteiger charge is 2.45. The van der Waals surface area contributed by atoms with Crippen molar-refractivity contribution in [3.63, 3.8) is 0 Å². The molecule has 0 bridgehead atoms. The average Bonchev–Trinajstić information content (AvgIpc) is 4.13. The highest BCUT2D eigenvalue weighted by atomic mass is 16.5. The molecule has 17 nitrogen and oxygen atoms in total. The van der Waals surface area contributed by atoms with E-state index in [1.54, 1.807) is 18.0 Å². The van der Waals surface area contributed by atoms with Crippen LogP contribution < -0.4 is 10.1 Å². The lowest BCUT2D eigenvalue weighted by atomic mass is 9.89. The fourth-order valence-electron chi connectivity index (χ4n) is 10.4. The molecular weight excluding hydrogens is 821 g/mol. The van der Waals surface area contributed by atoms with E-state index in [0.717, 1.165) is 74.8 Å². The van der Waals surface area contributed by atoms with Crippen molar-refractivity contribution in [1.29, 1.82) is 0 Å². The smallest absolute Gasteiger partial charge is 0.407 e. The van der Waals surface area contributed by atoms with Crippen LogP contribution in [0, 0.1) is 5.92 Å². The number of likely N-dealkylation sites (N-methyl/N-ethyl adjacent to an activating group) is 1. The van der Waals surface area contributed by atoms with Gasteiger partial charge in [-0.3, -0.25) is 14.5 Å². The second kappa shape index (κ2) is 17.4. The summed E-state index contributed by atoms with van der Waals surface area (Å²) in [6.45, 7) is 7.14. The quantitative estimate of drug-likeness (QED) is 0.113. The number of aromatic nitrogens is 4. The minimum atomic E-state index is -1.12. The van der Waals surface area contributed by atoms with E-state index in [9.17, 15) is 24.3 Å². The molecule has 9 rings (SSSR count). The van der Waals surface area contributed by atoms with E-state index in [1.165, 1.54) is 26.2 Å². The lowest BCUT2D eigenvalue weighted by molar-refractivity contribution is -0.142. The number of ether oxygens (including phenoxy) is 4. The van der Waals surface area contributed by atoms with E-state index in [1.807, 2.05) is 24.8 Å². The summed E-state index contributed by atoms with van der Waals surface area (Å²) < 4.78 is 22.3. The zero-order valence-corrected chi connectivity index (χ0v) is 37.1. The van der Waals surface area contributed by atoms with Gasteiger partial charge in [0.05, 0.1) is 48.2 Å². The molecule has 0 spiro atoms. The molecule has 4 aliphatic heterocycles. The normalized spacial score (nSPS) is 22.4. The summed E-state index contributed by atoms with van der Waals surface area (Å²) in [7, 11) is 4.25. The maximum Gasteiger partial charge on any atom is 0.407 e. The van der Waals surface area contributed by atoms with E-state index < -0.39 is 30.4 Å². The molecule has 2 aromatic heterocycles. The molecule has 338 valence electrons. The van der Waals surface area contributed by atoms with E-state index in [2.05, 4.69) is 51.7 Å². The monoisotopic (exact) mass is 876 g/mol. The van der Waals surface area contributed by atoms with Gasteiger partial charge in [-0.15, -0.1) is 0 Å². The van der Waals surface area contributed by atoms with Crippen molar-refractivity contribution in [2.75, 3.05) is 34.5 Å². The Morgan fingerprint density at radius 1 is 0.891 bits per heavy atom. The Morgan fingerprint density at radius 2 is 1.61 bits per heavy atom. The van der Waals surface area contributed by atoms with Crippen molar-refractivity contribution in [3.05, 3.63) is 65.9 Å². The number of alkyl carbamates (subject to hydrolysis) is 1. The molecule has 0 aliphatic carbocycles. The maximum absolute atomic E-state index is 14.3. The number of imidazole rings is 2. The van der Waals surface area contributed by atoms with Crippen LogP contribution in [0.4, 0.5) is 9.59 Å². The number of hydrogen-bond donors (Lipinski definition) is 4. The third kappa shape index (κ3) is 7.67. The number of aromatic amines is 2. The molecule has 3 aromatic carbocycles. The lowest BCUT2D eigenvalue weighted by Gasteiger charge is -2.39. The van der Waals surface area contributed by atoms with E-state index in [4.69, 9.17) is 28.9 Å². The van der Waals surface area contributed by atoms with Gasteiger partial charge < -0.3 is 49.1 Å². The van der Waals surface area contributed by atoms with Gasteiger partial charge in [-0.1, -0.05) is 18.2 Å². The van der Waals surface area contributed by atoms with Crippen molar-refractivity contribution in [2.24, 2.45) is 5.92 Å². The number of H-pyrrole nitrogens is 2. The van der Waals surface area contributed by atoms with Gasteiger partial charge in [-0.2, -0.15) is 0 Å². The second-order valence-electron chi connectivity index (χ2n) is 17.7. The Hall–Kier alpha value is -6.20. The van der Waals surface area contributed by atoms with Crippen molar-refractivity contribution in [2.45, 2.75) is 108 Å². The van der Waals surface area contributed by atoms with Crippen molar-refractivity contribution in [3.8, 4) is 28.1 Å².